The molecule has 0 unspecified atom stereocenters. The predicted molar refractivity (Wildman–Crippen MR) is 111 cm³/mol. The third-order valence-electron chi connectivity index (χ3n) is 4.93. The van der Waals surface area contributed by atoms with Gasteiger partial charge < -0.3 is 9.64 Å². The van der Waals surface area contributed by atoms with E-state index in [1.54, 1.807) is 29.2 Å². The summed E-state index contributed by atoms with van der Waals surface area (Å²) in [5, 5.41) is 0. The lowest BCUT2D eigenvalue weighted by molar-refractivity contribution is -0.118. The Hall–Kier alpha value is -3.15. The van der Waals surface area contributed by atoms with Crippen molar-refractivity contribution in [1.29, 1.82) is 0 Å². The maximum Gasteiger partial charge on any atom is 0.261 e. The number of fused-ring (bicyclic) bond motifs is 1. The fourth-order valence-electron chi connectivity index (χ4n) is 3.44. The Balaban J connectivity index is 1.82. The second kappa shape index (κ2) is 9.37. The number of nitrogens with zero attached hydrogens (tertiary/aromatic N) is 2. The van der Waals surface area contributed by atoms with Gasteiger partial charge in [0.25, 0.3) is 11.8 Å². The highest BCUT2D eigenvalue weighted by molar-refractivity contribution is 6.21. The first kappa shape index (κ1) is 20.6. The monoisotopic (exact) mass is 394 g/mol. The van der Waals surface area contributed by atoms with E-state index in [4.69, 9.17) is 4.74 Å². The molecule has 6 heteroatoms. The summed E-state index contributed by atoms with van der Waals surface area (Å²) in [5.41, 5.74) is 1.49. The average Bonchev–Trinajstić information content (AvgIpc) is 2.98. The van der Waals surface area contributed by atoms with Crippen LogP contribution in [0.25, 0.3) is 0 Å². The molecule has 3 rings (SSSR count). The molecule has 0 atom stereocenters. The van der Waals surface area contributed by atoms with Crippen LogP contribution in [0.1, 0.15) is 53.8 Å². The molecule has 2 aromatic carbocycles. The van der Waals surface area contributed by atoms with Crippen LogP contribution in [0.3, 0.4) is 0 Å². The van der Waals surface area contributed by atoms with Crippen LogP contribution < -0.4 is 9.64 Å². The quantitative estimate of drug-likeness (QED) is 0.605. The van der Waals surface area contributed by atoms with Gasteiger partial charge in [-0.05, 0) is 37.6 Å². The Bertz CT molecular complexity index is 874. The molecule has 1 heterocycles. The number of unbranched alkanes of at least 4 members (excludes halogenated alkanes) is 1. The van der Waals surface area contributed by atoms with Crippen molar-refractivity contribution in [2.45, 2.75) is 33.1 Å². The minimum Gasteiger partial charge on any atom is -0.492 e. The zero-order valence-corrected chi connectivity index (χ0v) is 16.9. The summed E-state index contributed by atoms with van der Waals surface area (Å²) in [4.78, 5) is 41.1. The number of hydrogen-bond donors (Lipinski definition) is 0. The molecule has 0 aromatic heterocycles. The summed E-state index contributed by atoms with van der Waals surface area (Å²) in [6.07, 6.45) is 2.09. The molecule has 2 aromatic rings. The molecule has 0 saturated carbocycles. The normalized spacial score (nSPS) is 12.8. The summed E-state index contributed by atoms with van der Waals surface area (Å²) in [6, 6.07) is 14.2. The molecule has 0 N–H and O–H groups in total. The zero-order chi connectivity index (χ0) is 20.8. The van der Waals surface area contributed by atoms with Crippen molar-refractivity contribution < 1.29 is 19.1 Å². The van der Waals surface area contributed by atoms with Crippen molar-refractivity contribution in [2.75, 3.05) is 24.6 Å². The molecule has 1 aliphatic heterocycles. The SMILES string of the molecule is CCCCC(=O)N(CCN1C(=O)c2ccccc2C1=O)c1ccccc1OCC. The number of amides is 3. The van der Waals surface area contributed by atoms with Gasteiger partial charge in [-0.2, -0.15) is 0 Å². The minimum atomic E-state index is -0.315. The van der Waals surface area contributed by atoms with Gasteiger partial charge in [-0.25, -0.2) is 0 Å². The maximum atomic E-state index is 12.9. The van der Waals surface area contributed by atoms with Gasteiger partial charge in [0.1, 0.15) is 5.75 Å². The van der Waals surface area contributed by atoms with Gasteiger partial charge in [-0.15, -0.1) is 0 Å². The molecule has 6 nitrogen and oxygen atoms in total. The zero-order valence-electron chi connectivity index (χ0n) is 16.9. The van der Waals surface area contributed by atoms with E-state index in [0.29, 0.717) is 35.6 Å². The Labute approximate surface area is 171 Å². The van der Waals surface area contributed by atoms with Crippen LogP contribution in [0, 0.1) is 0 Å². The van der Waals surface area contributed by atoms with Crippen molar-refractivity contribution in [3.05, 3.63) is 59.7 Å². The van der Waals surface area contributed by atoms with E-state index in [1.165, 1.54) is 4.90 Å². The molecule has 3 amide bonds. The number of carbonyl (C=O) groups excluding carboxylic acids is 3. The third-order valence-corrected chi connectivity index (χ3v) is 4.93. The first-order chi connectivity index (χ1) is 14.1. The Morgan fingerprint density at radius 3 is 2.21 bits per heavy atom. The topological polar surface area (TPSA) is 66.9 Å². The van der Waals surface area contributed by atoms with Gasteiger partial charge in [0.2, 0.25) is 5.91 Å². The highest BCUT2D eigenvalue weighted by atomic mass is 16.5. The van der Waals surface area contributed by atoms with E-state index in [1.807, 2.05) is 38.1 Å². The average molecular weight is 394 g/mol. The standard InChI is InChI=1S/C23H26N2O4/c1-3-5-14-21(26)24(19-12-8-9-13-20(19)29-4-2)15-16-25-22(27)17-10-6-7-11-18(17)23(25)28/h6-13H,3-5,14-16H2,1-2H3. The summed E-state index contributed by atoms with van der Waals surface area (Å²) in [7, 11) is 0. The van der Waals surface area contributed by atoms with Crippen LogP contribution in [0.4, 0.5) is 5.69 Å². The summed E-state index contributed by atoms with van der Waals surface area (Å²) >= 11 is 0. The lowest BCUT2D eigenvalue weighted by Gasteiger charge is -2.27. The second-order valence-corrected chi connectivity index (χ2v) is 6.86. The van der Waals surface area contributed by atoms with E-state index in [0.717, 1.165) is 12.8 Å². The third kappa shape index (κ3) is 4.31. The van der Waals surface area contributed by atoms with E-state index in [9.17, 15) is 14.4 Å². The van der Waals surface area contributed by atoms with Gasteiger partial charge in [0.15, 0.2) is 0 Å². The van der Waals surface area contributed by atoms with Crippen molar-refractivity contribution >= 4 is 23.4 Å². The van der Waals surface area contributed by atoms with E-state index in [2.05, 4.69) is 0 Å². The van der Waals surface area contributed by atoms with Crippen molar-refractivity contribution in [3.63, 3.8) is 0 Å². The molecule has 1 aliphatic rings. The van der Waals surface area contributed by atoms with Crippen molar-refractivity contribution in [1.82, 2.24) is 4.90 Å². The second-order valence-electron chi connectivity index (χ2n) is 6.86. The number of hydrogen-bond acceptors (Lipinski definition) is 4. The van der Waals surface area contributed by atoms with Gasteiger partial charge in [0.05, 0.1) is 23.4 Å². The molecular formula is C23H26N2O4. The largest absolute Gasteiger partial charge is 0.492 e. The number of benzene rings is 2. The highest BCUT2D eigenvalue weighted by Gasteiger charge is 2.35. The first-order valence-electron chi connectivity index (χ1n) is 10.1. The summed E-state index contributed by atoms with van der Waals surface area (Å²) in [6.45, 7) is 4.75. The molecule has 0 radical (unpaired) electrons. The highest BCUT2D eigenvalue weighted by Crippen LogP contribution is 2.29. The smallest absolute Gasteiger partial charge is 0.261 e. The fraction of sp³-hybridized carbons (Fsp3) is 0.348. The minimum absolute atomic E-state index is 0.0457. The first-order valence-corrected chi connectivity index (χ1v) is 10.1. The van der Waals surface area contributed by atoms with Crippen LogP contribution in [0.2, 0.25) is 0 Å². The van der Waals surface area contributed by atoms with Gasteiger partial charge in [-0.1, -0.05) is 37.6 Å². The fourth-order valence-corrected chi connectivity index (χ4v) is 3.44. The van der Waals surface area contributed by atoms with Crippen LogP contribution >= 0.6 is 0 Å². The van der Waals surface area contributed by atoms with Crippen molar-refractivity contribution in [3.8, 4) is 5.75 Å². The Morgan fingerprint density at radius 1 is 0.966 bits per heavy atom. The number of rotatable bonds is 9. The number of imide groups is 1. The number of carbonyl (C=O) groups is 3. The molecule has 152 valence electrons. The van der Waals surface area contributed by atoms with Gasteiger partial charge in [0, 0.05) is 19.5 Å². The van der Waals surface area contributed by atoms with E-state index in [-0.39, 0.29) is 30.8 Å². The molecule has 0 fully saturated rings. The number of para-hydroxylation sites is 2. The van der Waals surface area contributed by atoms with Gasteiger partial charge >= 0.3 is 0 Å². The molecule has 0 bridgehead atoms. The van der Waals surface area contributed by atoms with Gasteiger partial charge in [-0.3, -0.25) is 19.3 Å². The summed E-state index contributed by atoms with van der Waals surface area (Å²) in [5.74, 6) is -0.0628. The lowest BCUT2D eigenvalue weighted by atomic mass is 10.1. The Morgan fingerprint density at radius 2 is 1.59 bits per heavy atom. The van der Waals surface area contributed by atoms with Crippen LogP contribution in [0.5, 0.6) is 5.75 Å². The Kier molecular flexibility index (Phi) is 6.65. The van der Waals surface area contributed by atoms with Crippen molar-refractivity contribution in [2.24, 2.45) is 0 Å². The summed E-state index contributed by atoms with van der Waals surface area (Å²) < 4.78 is 5.70. The number of ether oxygens (including phenoxy) is 1. The maximum absolute atomic E-state index is 12.9. The van der Waals surface area contributed by atoms with Crippen LogP contribution in [-0.2, 0) is 4.79 Å². The molecule has 29 heavy (non-hydrogen) atoms. The van der Waals surface area contributed by atoms with Crippen LogP contribution in [-0.4, -0.2) is 42.3 Å². The predicted octanol–water partition coefficient (Wildman–Crippen LogP) is 3.90. The van der Waals surface area contributed by atoms with E-state index < -0.39 is 0 Å². The lowest BCUT2D eigenvalue weighted by Crippen LogP contribution is -2.41. The molecular weight excluding hydrogens is 368 g/mol. The molecule has 0 spiro atoms. The molecule has 0 saturated heterocycles. The molecule has 0 aliphatic carbocycles. The van der Waals surface area contributed by atoms with Crippen LogP contribution in [0.15, 0.2) is 48.5 Å². The van der Waals surface area contributed by atoms with E-state index >= 15 is 0 Å². The number of anilines is 1.